The van der Waals surface area contributed by atoms with Gasteiger partial charge in [0.2, 0.25) is 0 Å². The van der Waals surface area contributed by atoms with Crippen molar-refractivity contribution in [1.82, 2.24) is 23.8 Å². The molecule has 10 nitrogen and oxygen atoms in total. The molecule has 3 aromatic heterocycles. The summed E-state index contributed by atoms with van der Waals surface area (Å²) in [5.41, 5.74) is 0.466. The summed E-state index contributed by atoms with van der Waals surface area (Å²) in [6.07, 6.45) is 6.46. The van der Waals surface area contributed by atoms with E-state index in [1.807, 2.05) is 20.8 Å². The average molecular weight is 524 g/mol. The number of ether oxygens (including phenoxy) is 1. The zero-order valence-corrected chi connectivity index (χ0v) is 21.7. The number of nitrogens with one attached hydrogen (secondary N) is 1. The predicted octanol–water partition coefficient (Wildman–Crippen LogP) is 3.99. The molecular formula is C26H29N5O5S. The molecular weight excluding hydrogens is 494 g/mol. The summed E-state index contributed by atoms with van der Waals surface area (Å²) in [6, 6.07) is 9.63. The second kappa shape index (κ2) is 9.29. The van der Waals surface area contributed by atoms with Crippen molar-refractivity contribution < 1.29 is 17.9 Å². The number of nitrogens with zero attached hydrogens (tertiary/aromatic N) is 4. The molecule has 0 atom stereocenters. The summed E-state index contributed by atoms with van der Waals surface area (Å²) in [4.78, 5) is 34.1. The lowest BCUT2D eigenvalue weighted by Crippen LogP contribution is -2.41. The van der Waals surface area contributed by atoms with Crippen LogP contribution in [0.1, 0.15) is 52.5 Å². The summed E-state index contributed by atoms with van der Waals surface area (Å²) in [7, 11) is -3.88. The molecule has 1 aliphatic rings. The molecule has 1 fully saturated rings. The molecule has 3 heterocycles. The molecule has 0 radical (unpaired) electrons. The van der Waals surface area contributed by atoms with E-state index >= 15 is 0 Å². The van der Waals surface area contributed by atoms with Crippen LogP contribution in [0.2, 0.25) is 0 Å². The number of hydrogen-bond donors (Lipinski definition) is 1. The van der Waals surface area contributed by atoms with Gasteiger partial charge in [-0.25, -0.2) is 27.2 Å². The number of aromatic nitrogens is 4. The Morgan fingerprint density at radius 2 is 1.73 bits per heavy atom. The topological polar surface area (TPSA) is 125 Å². The molecule has 194 valence electrons. The second-order valence-electron chi connectivity index (χ2n) is 10.3. The number of hydrogen-bond acceptors (Lipinski definition) is 7. The number of carbonyl (C=O) groups is 1. The predicted molar refractivity (Wildman–Crippen MR) is 139 cm³/mol. The van der Waals surface area contributed by atoms with Crippen molar-refractivity contribution in [3.63, 3.8) is 0 Å². The van der Waals surface area contributed by atoms with Gasteiger partial charge >= 0.3 is 6.09 Å². The first kappa shape index (κ1) is 24.9. The Hall–Kier alpha value is -3.73. The highest BCUT2D eigenvalue weighted by molar-refractivity contribution is 7.90. The largest absolute Gasteiger partial charge is 0.444 e. The first-order valence-corrected chi connectivity index (χ1v) is 13.7. The van der Waals surface area contributed by atoms with E-state index in [4.69, 9.17) is 4.74 Å². The Morgan fingerprint density at radius 1 is 1.03 bits per heavy atom. The van der Waals surface area contributed by atoms with E-state index in [9.17, 15) is 18.0 Å². The van der Waals surface area contributed by atoms with E-state index in [-0.39, 0.29) is 28.2 Å². The molecule has 0 aliphatic heterocycles. The van der Waals surface area contributed by atoms with E-state index < -0.39 is 21.7 Å². The SMILES string of the molecule is CC(C)(C)OC(=O)N[C@H]1CC[C@H](n2c(=O)cnc3cnc4c(ccn4S(=O)(=O)c4ccccc4)c32)CC1. The van der Waals surface area contributed by atoms with Crippen molar-refractivity contribution in [1.29, 1.82) is 0 Å². The van der Waals surface area contributed by atoms with Crippen LogP contribution in [0.15, 0.2) is 64.7 Å². The number of amides is 1. The normalized spacial score (nSPS) is 18.7. The van der Waals surface area contributed by atoms with Crippen molar-refractivity contribution >= 4 is 38.2 Å². The Balaban J connectivity index is 1.49. The van der Waals surface area contributed by atoms with Crippen LogP contribution >= 0.6 is 0 Å². The van der Waals surface area contributed by atoms with Crippen LogP contribution in [0.4, 0.5) is 4.79 Å². The Morgan fingerprint density at radius 3 is 2.41 bits per heavy atom. The highest BCUT2D eigenvalue weighted by Crippen LogP contribution is 2.33. The number of rotatable bonds is 4. The van der Waals surface area contributed by atoms with Gasteiger partial charge in [-0.3, -0.25) is 4.79 Å². The van der Waals surface area contributed by atoms with Crippen molar-refractivity contribution in [2.45, 2.75) is 69.0 Å². The minimum atomic E-state index is -3.88. The van der Waals surface area contributed by atoms with Gasteiger partial charge in [-0.1, -0.05) is 18.2 Å². The molecule has 5 rings (SSSR count). The van der Waals surface area contributed by atoms with Gasteiger partial charge in [-0.2, -0.15) is 0 Å². The van der Waals surface area contributed by atoms with Crippen LogP contribution in [0, 0.1) is 0 Å². The molecule has 1 aromatic carbocycles. The minimum Gasteiger partial charge on any atom is -0.444 e. The van der Waals surface area contributed by atoms with Crippen molar-refractivity contribution in [2.75, 3.05) is 0 Å². The monoisotopic (exact) mass is 523 g/mol. The molecule has 0 spiro atoms. The maximum atomic E-state index is 13.3. The number of fused-ring (bicyclic) bond motifs is 3. The molecule has 37 heavy (non-hydrogen) atoms. The smallest absolute Gasteiger partial charge is 0.407 e. The van der Waals surface area contributed by atoms with Gasteiger partial charge in [0.1, 0.15) is 11.1 Å². The Kier molecular flexibility index (Phi) is 6.26. The van der Waals surface area contributed by atoms with E-state index in [0.29, 0.717) is 42.1 Å². The highest BCUT2D eigenvalue weighted by atomic mass is 32.2. The van der Waals surface area contributed by atoms with E-state index in [2.05, 4.69) is 15.3 Å². The van der Waals surface area contributed by atoms with Gasteiger partial charge in [-0.15, -0.1) is 0 Å². The van der Waals surface area contributed by atoms with Crippen LogP contribution in [-0.4, -0.2) is 44.7 Å². The number of carbonyl (C=O) groups excluding carboxylic acids is 1. The number of alkyl carbamates (subject to hydrolysis) is 1. The third-order valence-electron chi connectivity index (χ3n) is 6.51. The van der Waals surface area contributed by atoms with Gasteiger partial charge in [0.25, 0.3) is 15.6 Å². The lowest BCUT2D eigenvalue weighted by Gasteiger charge is -2.31. The van der Waals surface area contributed by atoms with Crippen LogP contribution in [0.25, 0.3) is 22.1 Å². The highest BCUT2D eigenvalue weighted by Gasteiger charge is 2.28. The lowest BCUT2D eigenvalue weighted by molar-refractivity contribution is 0.0488. The summed E-state index contributed by atoms with van der Waals surface area (Å²) in [5.74, 6) is 0. The molecule has 1 saturated carbocycles. The third-order valence-corrected chi connectivity index (χ3v) is 8.19. The van der Waals surface area contributed by atoms with Crippen molar-refractivity contribution in [3.8, 4) is 0 Å². The molecule has 0 saturated heterocycles. The van der Waals surface area contributed by atoms with Crippen LogP contribution in [0.5, 0.6) is 0 Å². The van der Waals surface area contributed by atoms with Gasteiger partial charge in [0, 0.05) is 23.7 Å². The van der Waals surface area contributed by atoms with E-state index in [0.717, 1.165) is 3.97 Å². The average Bonchev–Trinajstić information content (AvgIpc) is 3.29. The number of pyridine rings is 1. The second-order valence-corrected chi connectivity index (χ2v) is 12.1. The quantitative estimate of drug-likeness (QED) is 0.429. The lowest BCUT2D eigenvalue weighted by atomic mass is 9.90. The van der Waals surface area contributed by atoms with Gasteiger partial charge in [0.05, 0.1) is 22.8 Å². The maximum absolute atomic E-state index is 13.3. The van der Waals surface area contributed by atoms with Crippen molar-refractivity contribution in [2.24, 2.45) is 0 Å². The first-order chi connectivity index (χ1) is 17.5. The fraction of sp³-hybridized carbons (Fsp3) is 0.385. The first-order valence-electron chi connectivity index (χ1n) is 12.2. The van der Waals surface area contributed by atoms with Crippen LogP contribution in [0.3, 0.4) is 0 Å². The Bertz CT molecular complexity index is 1630. The zero-order valence-electron chi connectivity index (χ0n) is 20.9. The van der Waals surface area contributed by atoms with E-state index in [1.165, 1.54) is 30.7 Å². The maximum Gasteiger partial charge on any atom is 0.407 e. The minimum absolute atomic E-state index is 0.0475. The summed E-state index contributed by atoms with van der Waals surface area (Å²) in [6.45, 7) is 5.45. The van der Waals surface area contributed by atoms with Crippen LogP contribution < -0.4 is 10.9 Å². The van der Waals surface area contributed by atoms with Gasteiger partial charge in [-0.05, 0) is 64.7 Å². The van der Waals surface area contributed by atoms with Crippen molar-refractivity contribution in [3.05, 3.63) is 65.3 Å². The zero-order chi connectivity index (χ0) is 26.4. The molecule has 11 heteroatoms. The summed E-state index contributed by atoms with van der Waals surface area (Å²) in [5, 5.41) is 3.46. The molecule has 4 aromatic rings. The Labute approximate surface area is 214 Å². The molecule has 0 bridgehead atoms. The number of benzene rings is 1. The molecule has 1 N–H and O–H groups in total. The molecule has 0 unspecified atom stereocenters. The molecule has 1 aliphatic carbocycles. The molecule has 1 amide bonds. The van der Waals surface area contributed by atoms with E-state index in [1.54, 1.807) is 28.8 Å². The standard InChI is InChI=1S/C26H29N5O5S/c1-26(2,3)36-25(33)29-17-9-11-18(12-10-17)31-22(32)16-27-21-15-28-24-20(23(21)31)13-14-30(24)37(34,35)19-7-5-4-6-8-19/h4-8,13-18H,9-12H2,1-3H3,(H,29,33)/t17-,18-. The van der Waals surface area contributed by atoms with Gasteiger partial charge in [0.15, 0.2) is 5.65 Å². The summed E-state index contributed by atoms with van der Waals surface area (Å²) >= 11 is 0. The third kappa shape index (κ3) is 4.83. The fourth-order valence-electron chi connectivity index (χ4n) is 4.90. The summed E-state index contributed by atoms with van der Waals surface area (Å²) < 4.78 is 34.8. The van der Waals surface area contributed by atoms with Crippen LogP contribution in [-0.2, 0) is 14.8 Å². The fourth-order valence-corrected chi connectivity index (χ4v) is 6.22. The van der Waals surface area contributed by atoms with Gasteiger partial charge < -0.3 is 14.6 Å².